The van der Waals surface area contributed by atoms with Crippen molar-refractivity contribution in [2.75, 3.05) is 19.0 Å². The summed E-state index contributed by atoms with van der Waals surface area (Å²) < 4.78 is 6.32. The van der Waals surface area contributed by atoms with Crippen LogP contribution >= 0.6 is 15.9 Å². The SMILES string of the molecule is COc1cc(NC(C)CCCN)c2ncc(Br)cc2c1. The molecule has 0 spiro atoms. The van der Waals surface area contributed by atoms with Gasteiger partial charge < -0.3 is 15.8 Å². The van der Waals surface area contributed by atoms with Crippen molar-refractivity contribution in [2.45, 2.75) is 25.8 Å². The van der Waals surface area contributed by atoms with E-state index in [1.807, 2.05) is 24.4 Å². The number of ether oxygens (including phenoxy) is 1. The van der Waals surface area contributed by atoms with Gasteiger partial charge in [0.1, 0.15) is 5.75 Å². The highest BCUT2D eigenvalue weighted by molar-refractivity contribution is 9.10. The van der Waals surface area contributed by atoms with Crippen LogP contribution in [0.3, 0.4) is 0 Å². The maximum absolute atomic E-state index is 5.56. The summed E-state index contributed by atoms with van der Waals surface area (Å²) in [5, 5.41) is 4.55. The summed E-state index contributed by atoms with van der Waals surface area (Å²) in [6.07, 6.45) is 3.85. The fourth-order valence-electron chi connectivity index (χ4n) is 2.19. The van der Waals surface area contributed by atoms with Crippen molar-refractivity contribution >= 4 is 32.5 Å². The van der Waals surface area contributed by atoms with Crippen LogP contribution in [0.1, 0.15) is 19.8 Å². The Bertz CT molecular complexity index is 589. The van der Waals surface area contributed by atoms with Crippen LogP contribution in [0, 0.1) is 0 Å². The molecular formula is C15H20BrN3O. The Morgan fingerprint density at radius 3 is 2.90 bits per heavy atom. The number of hydrogen-bond acceptors (Lipinski definition) is 4. The molecule has 5 heteroatoms. The first kappa shape index (κ1) is 15.1. The van der Waals surface area contributed by atoms with Gasteiger partial charge in [-0.05, 0) is 54.4 Å². The largest absolute Gasteiger partial charge is 0.497 e. The minimum Gasteiger partial charge on any atom is -0.497 e. The molecule has 0 aliphatic rings. The molecule has 0 aliphatic carbocycles. The Morgan fingerprint density at radius 2 is 2.20 bits per heavy atom. The third-order valence-electron chi connectivity index (χ3n) is 3.20. The minimum absolute atomic E-state index is 0.347. The van der Waals surface area contributed by atoms with Crippen LogP contribution in [0.4, 0.5) is 5.69 Å². The lowest BCUT2D eigenvalue weighted by molar-refractivity contribution is 0.415. The average Bonchev–Trinajstić information content (AvgIpc) is 2.44. The molecular weight excluding hydrogens is 318 g/mol. The number of nitrogens with one attached hydrogen (secondary N) is 1. The average molecular weight is 338 g/mol. The Kier molecular flexibility index (Phi) is 5.20. The number of nitrogens with two attached hydrogens (primary N) is 1. The van der Waals surface area contributed by atoms with Crippen molar-refractivity contribution in [1.29, 1.82) is 0 Å². The maximum Gasteiger partial charge on any atom is 0.121 e. The van der Waals surface area contributed by atoms with E-state index in [0.29, 0.717) is 6.04 Å². The molecule has 0 amide bonds. The molecule has 0 aliphatic heterocycles. The van der Waals surface area contributed by atoms with Gasteiger partial charge in [-0.2, -0.15) is 0 Å². The van der Waals surface area contributed by atoms with E-state index in [9.17, 15) is 0 Å². The van der Waals surface area contributed by atoms with Crippen LogP contribution in [0.5, 0.6) is 5.75 Å². The lowest BCUT2D eigenvalue weighted by Gasteiger charge is -2.17. The van der Waals surface area contributed by atoms with Gasteiger partial charge in [-0.15, -0.1) is 0 Å². The van der Waals surface area contributed by atoms with Gasteiger partial charge in [0.2, 0.25) is 0 Å². The molecule has 4 nitrogen and oxygen atoms in total. The fraction of sp³-hybridized carbons (Fsp3) is 0.400. The maximum atomic E-state index is 5.56. The monoisotopic (exact) mass is 337 g/mol. The Labute approximate surface area is 127 Å². The predicted molar refractivity (Wildman–Crippen MR) is 87.4 cm³/mol. The van der Waals surface area contributed by atoms with E-state index in [-0.39, 0.29) is 0 Å². The standard InChI is InChI=1S/C15H20BrN3O/c1-10(4-3-5-17)19-14-8-13(20-2)7-11-6-12(16)9-18-15(11)14/h6-10,19H,3-5,17H2,1-2H3. The van der Waals surface area contributed by atoms with Gasteiger partial charge in [-0.25, -0.2) is 0 Å². The molecule has 1 heterocycles. The highest BCUT2D eigenvalue weighted by Crippen LogP contribution is 2.30. The summed E-state index contributed by atoms with van der Waals surface area (Å²) in [4.78, 5) is 4.50. The molecule has 1 unspecified atom stereocenters. The molecule has 0 radical (unpaired) electrons. The van der Waals surface area contributed by atoms with E-state index in [1.165, 1.54) is 0 Å². The third-order valence-corrected chi connectivity index (χ3v) is 3.64. The van der Waals surface area contributed by atoms with Gasteiger partial charge in [0.05, 0.1) is 18.3 Å². The molecule has 1 aromatic heterocycles. The van der Waals surface area contributed by atoms with Crippen molar-refractivity contribution in [3.8, 4) is 5.75 Å². The smallest absolute Gasteiger partial charge is 0.121 e. The Morgan fingerprint density at radius 1 is 1.40 bits per heavy atom. The van der Waals surface area contributed by atoms with Gasteiger partial charge in [-0.3, -0.25) is 4.98 Å². The normalized spacial score (nSPS) is 12.4. The summed E-state index contributed by atoms with van der Waals surface area (Å²) in [7, 11) is 1.67. The van der Waals surface area contributed by atoms with E-state index in [2.05, 4.69) is 33.2 Å². The molecule has 1 atom stereocenters. The molecule has 0 saturated carbocycles. The quantitative estimate of drug-likeness (QED) is 0.846. The van der Waals surface area contributed by atoms with E-state index in [4.69, 9.17) is 10.5 Å². The first-order valence-corrected chi connectivity index (χ1v) is 7.53. The second-order valence-corrected chi connectivity index (χ2v) is 5.79. The number of hydrogen-bond donors (Lipinski definition) is 2. The molecule has 0 fully saturated rings. The van der Waals surface area contributed by atoms with Gasteiger partial charge >= 0.3 is 0 Å². The highest BCUT2D eigenvalue weighted by Gasteiger charge is 2.09. The van der Waals surface area contributed by atoms with E-state index < -0.39 is 0 Å². The number of fused-ring (bicyclic) bond motifs is 1. The number of nitrogens with zero attached hydrogens (tertiary/aromatic N) is 1. The van der Waals surface area contributed by atoms with Crippen LogP contribution in [0.15, 0.2) is 28.9 Å². The van der Waals surface area contributed by atoms with Crippen LogP contribution in [0.25, 0.3) is 10.9 Å². The lowest BCUT2D eigenvalue weighted by Crippen LogP contribution is -2.17. The molecule has 3 N–H and O–H groups in total. The first-order valence-electron chi connectivity index (χ1n) is 6.74. The molecule has 20 heavy (non-hydrogen) atoms. The Balaban J connectivity index is 2.35. The third kappa shape index (κ3) is 3.61. The number of benzene rings is 1. The second kappa shape index (κ2) is 6.90. The summed E-state index contributed by atoms with van der Waals surface area (Å²) in [6.45, 7) is 2.87. The summed E-state index contributed by atoms with van der Waals surface area (Å²) in [6, 6.07) is 6.37. The van der Waals surface area contributed by atoms with Gasteiger partial charge in [0, 0.05) is 28.2 Å². The van der Waals surface area contributed by atoms with Crippen LogP contribution < -0.4 is 15.8 Å². The van der Waals surface area contributed by atoms with E-state index in [0.717, 1.165) is 46.2 Å². The highest BCUT2D eigenvalue weighted by atomic mass is 79.9. The van der Waals surface area contributed by atoms with Gasteiger partial charge in [-0.1, -0.05) is 0 Å². The predicted octanol–water partition coefficient (Wildman–Crippen LogP) is 3.55. The second-order valence-electron chi connectivity index (χ2n) is 4.88. The lowest BCUT2D eigenvalue weighted by atomic mass is 10.1. The molecule has 0 saturated heterocycles. The van der Waals surface area contributed by atoms with Crippen molar-refractivity contribution in [2.24, 2.45) is 5.73 Å². The number of pyridine rings is 1. The van der Waals surface area contributed by atoms with Crippen molar-refractivity contribution in [1.82, 2.24) is 4.98 Å². The first-order chi connectivity index (χ1) is 9.63. The number of anilines is 1. The van der Waals surface area contributed by atoms with Crippen LogP contribution in [-0.2, 0) is 0 Å². The van der Waals surface area contributed by atoms with Crippen LogP contribution in [0.2, 0.25) is 0 Å². The topological polar surface area (TPSA) is 60.2 Å². The zero-order valence-electron chi connectivity index (χ0n) is 11.8. The van der Waals surface area contributed by atoms with E-state index >= 15 is 0 Å². The number of rotatable bonds is 6. The Hall–Kier alpha value is -1.33. The summed E-state index contributed by atoms with van der Waals surface area (Å²) in [5.74, 6) is 0.825. The van der Waals surface area contributed by atoms with Crippen molar-refractivity contribution < 1.29 is 4.74 Å². The van der Waals surface area contributed by atoms with Gasteiger partial charge in [0.25, 0.3) is 0 Å². The fourth-order valence-corrected chi connectivity index (χ4v) is 2.53. The summed E-state index contributed by atoms with van der Waals surface area (Å²) in [5.41, 5.74) is 7.51. The molecule has 1 aromatic carbocycles. The molecule has 108 valence electrons. The molecule has 2 rings (SSSR count). The summed E-state index contributed by atoms with van der Waals surface area (Å²) >= 11 is 3.45. The number of halogens is 1. The number of methoxy groups -OCH3 is 1. The molecule has 0 bridgehead atoms. The number of aromatic nitrogens is 1. The van der Waals surface area contributed by atoms with Crippen molar-refractivity contribution in [3.05, 3.63) is 28.9 Å². The van der Waals surface area contributed by atoms with Crippen molar-refractivity contribution in [3.63, 3.8) is 0 Å². The van der Waals surface area contributed by atoms with Crippen LogP contribution in [-0.4, -0.2) is 24.7 Å². The zero-order chi connectivity index (χ0) is 14.5. The van der Waals surface area contributed by atoms with Gasteiger partial charge in [0.15, 0.2) is 0 Å². The van der Waals surface area contributed by atoms with E-state index in [1.54, 1.807) is 7.11 Å². The molecule has 2 aromatic rings. The zero-order valence-corrected chi connectivity index (χ0v) is 13.4. The minimum atomic E-state index is 0.347.